The Morgan fingerprint density at radius 2 is 1.66 bits per heavy atom. The van der Waals surface area contributed by atoms with E-state index in [2.05, 4.69) is 10.3 Å². The Hall–Kier alpha value is -3.11. The molecule has 0 fully saturated rings. The van der Waals surface area contributed by atoms with Crippen molar-refractivity contribution in [2.45, 2.75) is 25.3 Å². The second-order valence-electron chi connectivity index (χ2n) is 7.13. The highest BCUT2D eigenvalue weighted by Gasteiger charge is 2.23. The number of nitrogens with zero attached hydrogens (tertiary/aromatic N) is 2. The molecular weight excluding hydrogens is 382 g/mol. The van der Waals surface area contributed by atoms with Gasteiger partial charge in [-0.15, -0.1) is 0 Å². The highest BCUT2D eigenvalue weighted by molar-refractivity contribution is 6.30. The van der Waals surface area contributed by atoms with Gasteiger partial charge < -0.3 is 9.72 Å². The molecule has 0 saturated heterocycles. The number of nitrogens with one attached hydrogen (secondary N) is 1. The molecule has 0 aliphatic heterocycles. The van der Waals surface area contributed by atoms with Crippen LogP contribution in [0.15, 0.2) is 85.2 Å². The van der Waals surface area contributed by atoms with Crippen molar-refractivity contribution in [2.24, 2.45) is 0 Å². The molecule has 4 rings (SSSR count). The number of pyridine rings is 1. The minimum Gasteiger partial charge on any atom is -0.350 e. The van der Waals surface area contributed by atoms with Gasteiger partial charge in [0, 0.05) is 24.7 Å². The summed E-state index contributed by atoms with van der Waals surface area (Å²) < 4.78 is 1.97. The molecule has 0 radical (unpaired) electrons. The van der Waals surface area contributed by atoms with Crippen LogP contribution in [-0.4, -0.2) is 15.3 Å². The quantitative estimate of drug-likeness (QED) is 0.469. The number of rotatable bonds is 6. The Balaban J connectivity index is 1.63. The lowest BCUT2D eigenvalue weighted by Crippen LogP contribution is -2.28. The first-order valence-electron chi connectivity index (χ1n) is 9.63. The highest BCUT2D eigenvalue weighted by Crippen LogP contribution is 2.29. The maximum atomic E-state index is 12.9. The maximum Gasteiger partial charge on any atom is 0.221 e. The first kappa shape index (κ1) is 19.2. The van der Waals surface area contributed by atoms with Crippen LogP contribution in [0.4, 0.5) is 0 Å². The molecule has 2 aromatic carbocycles. The molecule has 2 aromatic heterocycles. The molecule has 0 saturated carbocycles. The molecule has 2 heterocycles. The fourth-order valence-electron chi connectivity index (χ4n) is 3.62. The van der Waals surface area contributed by atoms with Gasteiger partial charge in [-0.1, -0.05) is 72.3 Å². The summed E-state index contributed by atoms with van der Waals surface area (Å²) in [5.74, 6) is -0.139. The molecule has 0 aliphatic carbocycles. The molecule has 0 spiro atoms. The molecule has 146 valence electrons. The third-order valence-corrected chi connectivity index (χ3v) is 5.35. The summed E-state index contributed by atoms with van der Waals surface area (Å²) in [5, 5.41) is 3.75. The zero-order chi connectivity index (χ0) is 20.2. The Morgan fingerprint density at radius 3 is 2.34 bits per heavy atom. The number of fused-ring (bicyclic) bond motifs is 1. The minimum atomic E-state index is -0.132. The summed E-state index contributed by atoms with van der Waals surface area (Å²) in [6, 6.07) is 23.7. The average molecular weight is 404 g/mol. The predicted molar refractivity (Wildman–Crippen MR) is 116 cm³/mol. The number of halogens is 1. The zero-order valence-corrected chi connectivity index (χ0v) is 16.9. The summed E-state index contributed by atoms with van der Waals surface area (Å²) in [5.41, 5.74) is 3.90. The van der Waals surface area contributed by atoms with Crippen LogP contribution >= 0.6 is 11.6 Å². The third kappa shape index (κ3) is 4.33. The molecule has 0 aliphatic rings. The van der Waals surface area contributed by atoms with E-state index >= 15 is 0 Å². The van der Waals surface area contributed by atoms with Crippen molar-refractivity contribution in [3.05, 3.63) is 107 Å². The summed E-state index contributed by atoms with van der Waals surface area (Å²) in [6.45, 7) is 2.00. The van der Waals surface area contributed by atoms with Crippen molar-refractivity contribution in [1.29, 1.82) is 0 Å². The number of hydrogen-bond acceptors (Lipinski definition) is 2. The van der Waals surface area contributed by atoms with Crippen molar-refractivity contribution in [2.75, 3.05) is 0 Å². The number of benzene rings is 2. The van der Waals surface area contributed by atoms with E-state index in [0.717, 1.165) is 22.5 Å². The fraction of sp³-hybridized carbons (Fsp3) is 0.167. The number of amides is 1. The number of carbonyl (C=O) groups excluding carboxylic acids is 1. The summed E-state index contributed by atoms with van der Waals surface area (Å²) in [7, 11) is 0. The van der Waals surface area contributed by atoms with E-state index in [1.807, 2.05) is 96.5 Å². The molecule has 1 N–H and O–H groups in total. The van der Waals surface area contributed by atoms with Gasteiger partial charge >= 0.3 is 0 Å². The van der Waals surface area contributed by atoms with Crippen LogP contribution in [0.3, 0.4) is 0 Å². The highest BCUT2D eigenvalue weighted by atomic mass is 35.5. The van der Waals surface area contributed by atoms with Crippen LogP contribution in [0.1, 0.15) is 42.1 Å². The maximum absolute atomic E-state index is 12.9. The lowest BCUT2D eigenvalue weighted by atomic mass is 9.92. The van der Waals surface area contributed by atoms with Gasteiger partial charge in [0.25, 0.3) is 0 Å². The van der Waals surface area contributed by atoms with E-state index < -0.39 is 0 Å². The molecular formula is C24H22ClN3O. The number of aromatic nitrogens is 2. The second-order valence-corrected chi connectivity index (χ2v) is 7.56. The minimum absolute atomic E-state index is 0.00724. The zero-order valence-electron chi connectivity index (χ0n) is 16.1. The second kappa shape index (κ2) is 8.50. The van der Waals surface area contributed by atoms with E-state index in [-0.39, 0.29) is 17.9 Å². The smallest absolute Gasteiger partial charge is 0.221 e. The van der Waals surface area contributed by atoms with Crippen molar-refractivity contribution < 1.29 is 4.79 Å². The van der Waals surface area contributed by atoms with Crippen LogP contribution in [0.5, 0.6) is 0 Å². The first-order valence-corrected chi connectivity index (χ1v) is 10.0. The molecule has 4 nitrogen and oxygen atoms in total. The Bertz CT molecular complexity index is 1110. The van der Waals surface area contributed by atoms with E-state index in [1.54, 1.807) is 0 Å². The predicted octanol–water partition coefficient (Wildman–Crippen LogP) is 5.39. The van der Waals surface area contributed by atoms with Gasteiger partial charge in [0.15, 0.2) is 0 Å². The van der Waals surface area contributed by atoms with Crippen molar-refractivity contribution in [3.8, 4) is 0 Å². The lowest BCUT2D eigenvalue weighted by molar-refractivity contribution is -0.122. The Morgan fingerprint density at radius 1 is 1.00 bits per heavy atom. The van der Waals surface area contributed by atoms with Gasteiger partial charge in [0.2, 0.25) is 5.91 Å². The SMILES string of the molecule is CC(NC(=O)CC(c1ccccc1)c1cnc2ccc(Cl)cn12)c1ccccc1. The molecule has 4 aromatic rings. The fourth-order valence-corrected chi connectivity index (χ4v) is 3.78. The van der Waals surface area contributed by atoms with E-state index in [1.165, 1.54) is 0 Å². The standard InChI is InChI=1S/C24H22ClN3O/c1-17(18-8-4-2-5-9-18)27-24(29)14-21(19-10-6-3-7-11-19)22-15-26-23-13-12-20(25)16-28(22)23/h2-13,15-17,21H,14H2,1H3,(H,27,29). The van der Waals surface area contributed by atoms with E-state index in [9.17, 15) is 4.79 Å². The molecule has 5 heteroatoms. The van der Waals surface area contributed by atoms with Gasteiger partial charge in [0.05, 0.1) is 16.8 Å². The van der Waals surface area contributed by atoms with Crippen molar-refractivity contribution >= 4 is 23.2 Å². The van der Waals surface area contributed by atoms with Gasteiger partial charge in [-0.3, -0.25) is 4.79 Å². The molecule has 1 amide bonds. The van der Waals surface area contributed by atoms with Gasteiger partial charge in [-0.05, 0) is 30.2 Å². The van der Waals surface area contributed by atoms with E-state index in [4.69, 9.17) is 11.6 Å². The van der Waals surface area contributed by atoms with Crippen LogP contribution in [0.25, 0.3) is 5.65 Å². The monoisotopic (exact) mass is 403 g/mol. The number of hydrogen-bond donors (Lipinski definition) is 1. The normalized spacial score (nSPS) is 13.2. The summed E-state index contributed by atoms with van der Waals surface area (Å²) in [6.07, 6.45) is 4.00. The largest absolute Gasteiger partial charge is 0.350 e. The molecule has 2 atom stereocenters. The van der Waals surface area contributed by atoms with Crippen molar-refractivity contribution in [3.63, 3.8) is 0 Å². The summed E-state index contributed by atoms with van der Waals surface area (Å²) in [4.78, 5) is 17.4. The van der Waals surface area contributed by atoms with Crippen LogP contribution in [0, 0.1) is 0 Å². The molecule has 29 heavy (non-hydrogen) atoms. The Kier molecular flexibility index (Phi) is 5.63. The third-order valence-electron chi connectivity index (χ3n) is 5.12. The van der Waals surface area contributed by atoms with Crippen molar-refractivity contribution in [1.82, 2.24) is 14.7 Å². The topological polar surface area (TPSA) is 46.4 Å². The molecule has 2 unspecified atom stereocenters. The Labute approximate surface area is 175 Å². The summed E-state index contributed by atoms with van der Waals surface area (Å²) >= 11 is 6.21. The molecule has 0 bridgehead atoms. The van der Waals surface area contributed by atoms with Crippen LogP contribution in [-0.2, 0) is 4.79 Å². The lowest BCUT2D eigenvalue weighted by Gasteiger charge is -2.20. The van der Waals surface area contributed by atoms with Crippen LogP contribution in [0.2, 0.25) is 5.02 Å². The van der Waals surface area contributed by atoms with Crippen LogP contribution < -0.4 is 5.32 Å². The average Bonchev–Trinajstić information content (AvgIpc) is 3.16. The van der Waals surface area contributed by atoms with Gasteiger partial charge in [-0.2, -0.15) is 0 Å². The first-order chi connectivity index (χ1) is 14.1. The van der Waals surface area contributed by atoms with E-state index in [0.29, 0.717) is 11.4 Å². The van der Waals surface area contributed by atoms with Gasteiger partial charge in [0.1, 0.15) is 5.65 Å². The van der Waals surface area contributed by atoms with Gasteiger partial charge in [-0.25, -0.2) is 4.98 Å². The number of imidazole rings is 1. The number of carbonyl (C=O) groups is 1.